The quantitative estimate of drug-likeness (QED) is 0.0807. The molecule has 0 heterocycles. The molecule has 0 saturated heterocycles. The van der Waals surface area contributed by atoms with Crippen LogP contribution in [0.3, 0.4) is 0 Å². The van der Waals surface area contributed by atoms with Gasteiger partial charge in [0.2, 0.25) is 0 Å². The number of carbonyl (C=O) groups is 1. The number of fused-ring (bicyclic) bond motifs is 2. The molecular formula is C49H48O6P2. The van der Waals surface area contributed by atoms with E-state index in [-0.39, 0.29) is 27.5 Å². The Kier molecular flexibility index (Phi) is 12.4. The lowest BCUT2D eigenvalue weighted by atomic mass is 9.90. The molecular weight excluding hydrogens is 746 g/mol. The number of esters is 1. The number of carbonyl (C=O) groups excluding carboxylic acids is 1. The lowest BCUT2D eigenvalue weighted by molar-refractivity contribution is 0.0471. The molecule has 0 spiro atoms. The highest BCUT2D eigenvalue weighted by molar-refractivity contribution is 7.27. The van der Waals surface area contributed by atoms with Crippen molar-refractivity contribution in [2.75, 3.05) is 0 Å². The number of aryl methyl sites for hydroxylation is 3. The molecule has 0 aliphatic heterocycles. The molecule has 0 aliphatic rings. The Morgan fingerprint density at radius 3 is 1.67 bits per heavy atom. The molecule has 290 valence electrons. The molecule has 8 heteroatoms. The van der Waals surface area contributed by atoms with Crippen LogP contribution in [0, 0.1) is 20.8 Å². The second-order valence-corrected chi connectivity index (χ2v) is 16.2. The summed E-state index contributed by atoms with van der Waals surface area (Å²) in [6.07, 6.45) is 0. The average molecular weight is 795 g/mol. The summed E-state index contributed by atoms with van der Waals surface area (Å²) in [5.74, 6) is 2.51. The molecule has 6 nitrogen and oxygen atoms in total. The molecule has 2 unspecified atom stereocenters. The van der Waals surface area contributed by atoms with E-state index >= 15 is 0 Å². The summed E-state index contributed by atoms with van der Waals surface area (Å²) in [5, 5.41) is 3.68. The molecule has 0 amide bonds. The van der Waals surface area contributed by atoms with Crippen LogP contribution in [0.2, 0.25) is 0 Å². The molecule has 0 fully saturated rings. The Bertz CT molecular complexity index is 2540. The molecule has 7 aromatic rings. The lowest BCUT2D eigenvalue weighted by Crippen LogP contribution is -2.08. The van der Waals surface area contributed by atoms with Crippen LogP contribution in [0.4, 0.5) is 0 Å². The van der Waals surface area contributed by atoms with Gasteiger partial charge in [0.15, 0.2) is 0 Å². The van der Waals surface area contributed by atoms with Crippen LogP contribution < -0.4 is 18.1 Å². The Morgan fingerprint density at radius 2 is 1.05 bits per heavy atom. The highest BCUT2D eigenvalue weighted by atomic mass is 31.1. The Balaban J connectivity index is 1.36. The van der Waals surface area contributed by atoms with Gasteiger partial charge in [-0.1, -0.05) is 136 Å². The molecule has 7 aromatic carbocycles. The second-order valence-electron chi connectivity index (χ2n) is 15.0. The minimum absolute atomic E-state index is 0.110. The number of hydrogen-bond acceptors (Lipinski definition) is 6. The molecule has 0 bridgehead atoms. The van der Waals surface area contributed by atoms with E-state index in [9.17, 15) is 4.79 Å². The molecule has 2 atom stereocenters. The van der Waals surface area contributed by atoms with Crippen molar-refractivity contribution in [3.8, 4) is 34.1 Å². The average Bonchev–Trinajstić information content (AvgIpc) is 3.20. The monoisotopic (exact) mass is 794 g/mol. The fourth-order valence-electron chi connectivity index (χ4n) is 6.97. The number of rotatable bonds is 14. The third-order valence-electron chi connectivity index (χ3n) is 10.0. The summed E-state index contributed by atoms with van der Waals surface area (Å²) in [5.41, 5.74) is 8.18. The molecule has 0 N–H and O–H groups in total. The van der Waals surface area contributed by atoms with Crippen molar-refractivity contribution in [3.05, 3.63) is 166 Å². The molecule has 0 radical (unpaired) electrons. The maximum atomic E-state index is 14.4. The van der Waals surface area contributed by atoms with Gasteiger partial charge in [0.1, 0.15) is 35.2 Å². The summed E-state index contributed by atoms with van der Waals surface area (Å²) < 4.78 is 32.2. The van der Waals surface area contributed by atoms with Gasteiger partial charge in [0, 0.05) is 11.1 Å². The van der Waals surface area contributed by atoms with Crippen molar-refractivity contribution >= 4 is 45.6 Å². The first-order valence-corrected chi connectivity index (χ1v) is 20.9. The van der Waals surface area contributed by atoms with Crippen molar-refractivity contribution in [2.24, 2.45) is 0 Å². The fourth-order valence-corrected chi connectivity index (χ4v) is 8.14. The van der Waals surface area contributed by atoms with Gasteiger partial charge in [-0.2, -0.15) is 0 Å². The predicted molar refractivity (Wildman–Crippen MR) is 237 cm³/mol. The largest absolute Gasteiger partial charge is 0.457 e. The van der Waals surface area contributed by atoms with E-state index in [1.807, 2.05) is 98.8 Å². The van der Waals surface area contributed by atoms with Crippen LogP contribution in [-0.2, 0) is 11.3 Å². The maximum absolute atomic E-state index is 14.4. The first-order valence-electron chi connectivity index (χ1n) is 19.3. The fraction of sp³-hybridized carbons (Fsp3) is 0.204. The van der Waals surface area contributed by atoms with Gasteiger partial charge in [-0.05, 0) is 106 Å². The summed E-state index contributed by atoms with van der Waals surface area (Å²) >= 11 is 0. The normalized spacial score (nSPS) is 11.7. The third kappa shape index (κ3) is 9.10. The van der Waals surface area contributed by atoms with Crippen molar-refractivity contribution in [1.29, 1.82) is 0 Å². The predicted octanol–water partition coefficient (Wildman–Crippen LogP) is 14.1. The van der Waals surface area contributed by atoms with E-state index in [0.717, 1.165) is 72.0 Å². The third-order valence-corrected chi connectivity index (χ3v) is 11.2. The van der Waals surface area contributed by atoms with E-state index in [0.29, 0.717) is 22.6 Å². The van der Waals surface area contributed by atoms with Gasteiger partial charge in [-0.3, -0.25) is 0 Å². The summed E-state index contributed by atoms with van der Waals surface area (Å²) in [6.45, 7) is 14.8. The molecule has 57 heavy (non-hydrogen) atoms. The van der Waals surface area contributed by atoms with Crippen LogP contribution in [0.15, 0.2) is 127 Å². The van der Waals surface area contributed by atoms with Crippen LogP contribution >= 0.6 is 18.1 Å². The van der Waals surface area contributed by atoms with E-state index in [2.05, 4.69) is 77.1 Å². The summed E-state index contributed by atoms with van der Waals surface area (Å²) in [6, 6.07) is 42.5. The Labute approximate surface area is 339 Å². The topological polar surface area (TPSA) is 63.2 Å². The zero-order valence-electron chi connectivity index (χ0n) is 33.4. The first-order chi connectivity index (χ1) is 27.6. The summed E-state index contributed by atoms with van der Waals surface area (Å²) in [7, 11) is -0.818. The maximum Gasteiger partial charge on any atom is 0.342 e. The van der Waals surface area contributed by atoms with Crippen molar-refractivity contribution < 1.29 is 27.6 Å². The highest BCUT2D eigenvalue weighted by Gasteiger charge is 2.27. The van der Waals surface area contributed by atoms with Gasteiger partial charge in [-0.25, -0.2) is 4.79 Å². The van der Waals surface area contributed by atoms with Gasteiger partial charge >= 0.3 is 5.97 Å². The smallest absolute Gasteiger partial charge is 0.342 e. The van der Waals surface area contributed by atoms with Gasteiger partial charge in [0.25, 0.3) is 18.1 Å². The zero-order valence-corrected chi connectivity index (χ0v) is 35.4. The Hall–Kier alpha value is -5.41. The van der Waals surface area contributed by atoms with Crippen LogP contribution in [0.1, 0.15) is 83.3 Å². The first kappa shape index (κ1) is 39.8. The van der Waals surface area contributed by atoms with E-state index in [4.69, 9.17) is 22.8 Å². The molecule has 0 saturated carbocycles. The minimum atomic E-state index is -0.505. The van der Waals surface area contributed by atoms with Crippen molar-refractivity contribution in [2.45, 2.75) is 66.9 Å². The van der Waals surface area contributed by atoms with E-state index in [1.165, 1.54) is 0 Å². The minimum Gasteiger partial charge on any atom is -0.457 e. The molecule has 7 rings (SSSR count). The molecule has 0 aliphatic carbocycles. The van der Waals surface area contributed by atoms with Crippen molar-refractivity contribution in [3.63, 3.8) is 0 Å². The number of hydrogen-bond donors (Lipinski definition) is 0. The lowest BCUT2D eigenvalue weighted by Gasteiger charge is -2.22. The summed E-state index contributed by atoms with van der Waals surface area (Å²) in [4.78, 5) is 14.4. The second kappa shape index (κ2) is 17.8. The molecule has 0 aromatic heterocycles. The van der Waals surface area contributed by atoms with E-state index in [1.54, 1.807) is 0 Å². The highest BCUT2D eigenvalue weighted by Crippen LogP contribution is 2.50. The standard InChI is InChI=1S/C49H48O6P2/c1-30(2)38-23-18-33(6)26-44(38)53-56-52-43-25-22-36-12-8-10-14-40(36)46(43)47-41-15-11-9-13-37(41)28-42(49(50)51-29-35-20-16-32(5)17-21-35)48(47)55-57-54-45-27-34(7)19-24-39(45)31(3)4/h8-28,30-31,56-57H,29H2,1-7H3. The number of ether oxygens (including phenoxy) is 1. The number of benzene rings is 7. The van der Waals surface area contributed by atoms with E-state index < -0.39 is 15.0 Å². The van der Waals surface area contributed by atoms with Gasteiger partial charge in [0.05, 0.1) is 0 Å². The van der Waals surface area contributed by atoms with Crippen LogP contribution in [-0.4, -0.2) is 5.97 Å². The Morgan fingerprint density at radius 1 is 0.526 bits per heavy atom. The van der Waals surface area contributed by atoms with Gasteiger partial charge in [-0.15, -0.1) is 0 Å². The van der Waals surface area contributed by atoms with Crippen LogP contribution in [0.25, 0.3) is 32.7 Å². The zero-order chi connectivity index (χ0) is 40.1. The van der Waals surface area contributed by atoms with Gasteiger partial charge < -0.3 is 22.8 Å². The van der Waals surface area contributed by atoms with Crippen molar-refractivity contribution in [1.82, 2.24) is 0 Å². The SMILES string of the molecule is Cc1ccc(COC(=O)c2cc3ccccc3c(-c3c(OPOc4cc(C)ccc4C(C)C)ccc4ccccc34)c2OPOc2cc(C)ccc2C(C)C)cc1. The van der Waals surface area contributed by atoms with Crippen LogP contribution in [0.5, 0.6) is 23.0 Å².